The number of allylic oxidation sites excluding steroid dienone is 1. The maximum absolute atomic E-state index is 13.0. The Morgan fingerprint density at radius 2 is 1.65 bits per heavy atom. The van der Waals surface area contributed by atoms with Gasteiger partial charge in [0.1, 0.15) is 10.9 Å². The Balaban J connectivity index is 1.85. The van der Waals surface area contributed by atoms with Crippen LogP contribution in [-0.4, -0.2) is 51.1 Å². The highest BCUT2D eigenvalue weighted by Gasteiger charge is 2.43. The molecule has 9 heteroatoms. The minimum atomic E-state index is -0.783. The highest BCUT2D eigenvalue weighted by atomic mass is 32.1. The molecule has 2 unspecified atom stereocenters. The lowest BCUT2D eigenvalue weighted by Crippen LogP contribution is -2.36. The minimum absolute atomic E-state index is 0.327. The van der Waals surface area contributed by atoms with Gasteiger partial charge in [0.05, 0.1) is 39.7 Å². The summed E-state index contributed by atoms with van der Waals surface area (Å²) in [6, 6.07) is 13.3. The summed E-state index contributed by atoms with van der Waals surface area (Å²) < 4.78 is 21.0. The van der Waals surface area contributed by atoms with Crippen molar-refractivity contribution in [1.29, 1.82) is 0 Å². The third kappa shape index (κ3) is 4.86. The van der Waals surface area contributed by atoms with Crippen LogP contribution in [0, 0.1) is 5.92 Å². The summed E-state index contributed by atoms with van der Waals surface area (Å²) in [6.45, 7) is 3.52. The van der Waals surface area contributed by atoms with Crippen molar-refractivity contribution < 1.29 is 28.5 Å². The summed E-state index contributed by atoms with van der Waals surface area (Å²) in [4.78, 5) is 35.3. The topological polar surface area (TPSA) is 96.3 Å². The molecule has 0 amide bonds. The second-order valence-electron chi connectivity index (χ2n) is 8.42. The summed E-state index contributed by atoms with van der Waals surface area (Å²) in [7, 11) is 5.83. The molecule has 192 valence electrons. The molecule has 0 radical (unpaired) electrons. The zero-order chi connectivity index (χ0) is 26.7. The third-order valence-corrected chi connectivity index (χ3v) is 7.27. The molecular weight excluding hydrogens is 492 g/mol. The van der Waals surface area contributed by atoms with Crippen LogP contribution in [0.25, 0.3) is 21.8 Å². The Labute approximate surface area is 219 Å². The quantitative estimate of drug-likeness (QED) is 0.391. The number of hydrogen-bond donors (Lipinski definition) is 0. The summed E-state index contributed by atoms with van der Waals surface area (Å²) in [5.74, 6) is -1.20. The van der Waals surface area contributed by atoms with Crippen molar-refractivity contribution >= 4 is 29.0 Å². The Hall–Kier alpha value is -3.98. The van der Waals surface area contributed by atoms with Gasteiger partial charge in [-0.05, 0) is 37.6 Å². The van der Waals surface area contributed by atoms with Gasteiger partial charge in [-0.3, -0.25) is 9.79 Å². The first-order chi connectivity index (χ1) is 17.8. The van der Waals surface area contributed by atoms with E-state index in [9.17, 15) is 9.59 Å². The number of hydrogen-bond acceptors (Lipinski definition) is 9. The number of esters is 2. The lowest BCUT2D eigenvalue weighted by Gasteiger charge is -2.32. The van der Waals surface area contributed by atoms with E-state index >= 15 is 0 Å². The molecule has 0 saturated carbocycles. The number of carbonyl (C=O) groups excluding carboxylic acids is 2. The van der Waals surface area contributed by atoms with Gasteiger partial charge in [-0.1, -0.05) is 24.3 Å². The predicted molar refractivity (Wildman–Crippen MR) is 142 cm³/mol. The molecule has 4 rings (SSSR count). The number of nitrogens with zero attached hydrogens (tertiary/aromatic N) is 2. The lowest BCUT2D eigenvalue weighted by molar-refractivity contribution is -0.143. The van der Waals surface area contributed by atoms with Crippen LogP contribution in [0.1, 0.15) is 25.3 Å². The Morgan fingerprint density at radius 1 is 0.919 bits per heavy atom. The highest BCUT2D eigenvalue weighted by Crippen LogP contribution is 2.44. The maximum Gasteiger partial charge on any atom is 0.336 e. The summed E-state index contributed by atoms with van der Waals surface area (Å²) in [5, 5.41) is 2.70. The van der Waals surface area contributed by atoms with Gasteiger partial charge in [0, 0.05) is 33.8 Å². The lowest BCUT2D eigenvalue weighted by atomic mass is 9.74. The number of aliphatic imine (C=N–C) groups is 1. The van der Waals surface area contributed by atoms with Crippen molar-refractivity contribution in [2.45, 2.75) is 19.8 Å². The van der Waals surface area contributed by atoms with Gasteiger partial charge in [-0.25, -0.2) is 9.78 Å². The molecule has 1 aliphatic rings. The molecule has 0 aliphatic carbocycles. The van der Waals surface area contributed by atoms with Gasteiger partial charge in [0.2, 0.25) is 0 Å². The Bertz CT molecular complexity index is 1410. The molecule has 2 heterocycles. The van der Waals surface area contributed by atoms with E-state index in [1.807, 2.05) is 47.8 Å². The van der Waals surface area contributed by atoms with Crippen molar-refractivity contribution in [3.8, 4) is 33.3 Å². The Morgan fingerprint density at radius 3 is 2.32 bits per heavy atom. The smallest absolute Gasteiger partial charge is 0.336 e. The Kier molecular flexibility index (Phi) is 7.73. The molecular formula is C28H28N2O6S. The van der Waals surface area contributed by atoms with Crippen molar-refractivity contribution in [3.05, 3.63) is 64.7 Å². The van der Waals surface area contributed by atoms with E-state index in [0.29, 0.717) is 28.5 Å². The van der Waals surface area contributed by atoms with Crippen molar-refractivity contribution in [2.24, 2.45) is 10.9 Å². The van der Waals surface area contributed by atoms with Gasteiger partial charge in [-0.15, -0.1) is 11.3 Å². The van der Waals surface area contributed by atoms with E-state index in [0.717, 1.165) is 27.4 Å². The molecule has 0 saturated heterocycles. The zero-order valence-corrected chi connectivity index (χ0v) is 22.3. The van der Waals surface area contributed by atoms with Crippen LogP contribution in [-0.2, 0) is 19.1 Å². The number of thiazole rings is 1. The van der Waals surface area contributed by atoms with Crippen LogP contribution in [0.2, 0.25) is 0 Å². The fraction of sp³-hybridized carbons (Fsp3) is 0.286. The van der Waals surface area contributed by atoms with Gasteiger partial charge in [-0.2, -0.15) is 0 Å². The fourth-order valence-corrected chi connectivity index (χ4v) is 5.55. The zero-order valence-electron chi connectivity index (χ0n) is 21.5. The monoisotopic (exact) mass is 520 g/mol. The predicted octanol–water partition coefficient (Wildman–Crippen LogP) is 5.29. The maximum atomic E-state index is 13.0. The van der Waals surface area contributed by atoms with Crippen molar-refractivity contribution in [2.75, 3.05) is 28.4 Å². The summed E-state index contributed by atoms with van der Waals surface area (Å²) >= 11 is 1.47. The minimum Gasteiger partial charge on any atom is -0.493 e. The molecule has 1 aromatic heterocycles. The number of carbonyl (C=O) groups is 2. The first kappa shape index (κ1) is 26.1. The first-order valence-corrected chi connectivity index (χ1v) is 12.4. The molecule has 0 N–H and O–H groups in total. The summed E-state index contributed by atoms with van der Waals surface area (Å²) in [5.41, 5.74) is 4.62. The van der Waals surface area contributed by atoms with E-state index in [1.165, 1.54) is 25.6 Å². The van der Waals surface area contributed by atoms with Gasteiger partial charge in [0.15, 0.2) is 11.5 Å². The standard InChI is InChI=1S/C28H28N2O6S/c1-15-23(27(31)35-5)25(24(16(2)29-15)28(32)36-6)18-9-7-8-10-19(18)26-30-20(14-37-26)17-11-12-21(33-3)22(13-17)34-4/h7-14,23,25H,1-6H3. The molecule has 0 fully saturated rings. The second kappa shape index (κ2) is 11.0. The molecule has 3 aromatic rings. The van der Waals surface area contributed by atoms with Gasteiger partial charge < -0.3 is 18.9 Å². The average molecular weight is 521 g/mol. The number of benzene rings is 2. The molecule has 2 aromatic carbocycles. The van der Waals surface area contributed by atoms with Gasteiger partial charge in [0.25, 0.3) is 0 Å². The number of rotatable bonds is 7. The van der Waals surface area contributed by atoms with Crippen LogP contribution >= 0.6 is 11.3 Å². The van der Waals surface area contributed by atoms with E-state index in [1.54, 1.807) is 28.1 Å². The van der Waals surface area contributed by atoms with Crippen LogP contribution in [0.4, 0.5) is 0 Å². The molecule has 0 spiro atoms. The largest absolute Gasteiger partial charge is 0.493 e. The van der Waals surface area contributed by atoms with Crippen molar-refractivity contribution in [3.63, 3.8) is 0 Å². The number of ether oxygens (including phenoxy) is 4. The van der Waals surface area contributed by atoms with Crippen LogP contribution in [0.3, 0.4) is 0 Å². The molecule has 37 heavy (non-hydrogen) atoms. The van der Waals surface area contributed by atoms with E-state index in [2.05, 4.69) is 4.99 Å². The molecule has 2 atom stereocenters. The molecule has 8 nitrogen and oxygen atoms in total. The van der Waals surface area contributed by atoms with E-state index < -0.39 is 23.8 Å². The third-order valence-electron chi connectivity index (χ3n) is 6.40. The summed E-state index contributed by atoms with van der Waals surface area (Å²) in [6.07, 6.45) is 0. The number of aromatic nitrogens is 1. The SMILES string of the molecule is COC(=O)C1=C(C)N=C(C)C(C(=O)OC)C1c1ccccc1-c1nc(-c2ccc(OC)c(OC)c2)cs1. The first-order valence-electron chi connectivity index (χ1n) is 11.5. The van der Waals surface area contributed by atoms with Crippen molar-refractivity contribution in [1.82, 2.24) is 4.98 Å². The van der Waals surface area contributed by atoms with Crippen LogP contribution < -0.4 is 9.47 Å². The van der Waals surface area contributed by atoms with E-state index in [-0.39, 0.29) is 0 Å². The average Bonchev–Trinajstić information content (AvgIpc) is 3.41. The number of methoxy groups -OCH3 is 4. The van der Waals surface area contributed by atoms with Crippen LogP contribution in [0.15, 0.2) is 64.1 Å². The molecule has 0 bridgehead atoms. The fourth-order valence-electron chi connectivity index (χ4n) is 4.67. The molecule has 1 aliphatic heterocycles. The normalized spacial score (nSPS) is 17.2. The van der Waals surface area contributed by atoms with Crippen LogP contribution in [0.5, 0.6) is 11.5 Å². The highest BCUT2D eigenvalue weighted by molar-refractivity contribution is 7.13. The second-order valence-corrected chi connectivity index (χ2v) is 9.28. The van der Waals surface area contributed by atoms with Gasteiger partial charge >= 0.3 is 11.9 Å². The van der Waals surface area contributed by atoms with E-state index in [4.69, 9.17) is 23.9 Å².